The topological polar surface area (TPSA) is 53.1 Å². The van der Waals surface area contributed by atoms with Gasteiger partial charge in [-0.05, 0) is 33.4 Å². The largest absolute Gasteiger partial charge is 0.373 e. The summed E-state index contributed by atoms with van der Waals surface area (Å²) in [5, 5.41) is 6.67. The van der Waals surface area contributed by atoms with Crippen LogP contribution in [-0.4, -0.2) is 48.1 Å². The molecule has 0 bridgehead atoms. The van der Waals surface area contributed by atoms with Gasteiger partial charge in [0.05, 0.1) is 0 Å². The first-order chi connectivity index (χ1) is 10.1. The van der Waals surface area contributed by atoms with Crippen LogP contribution in [0.5, 0.6) is 0 Å². The van der Waals surface area contributed by atoms with Gasteiger partial charge < -0.3 is 15.5 Å². The molecule has 0 aliphatic heterocycles. The molecule has 1 heterocycles. The Kier molecular flexibility index (Phi) is 5.39. The number of likely N-dealkylation sites (N-methyl/N-ethyl adjacent to an activating group) is 1. The number of rotatable bonds is 7. The Morgan fingerprint density at radius 1 is 1.19 bits per heavy atom. The van der Waals surface area contributed by atoms with Crippen LogP contribution in [0.25, 0.3) is 0 Å². The second-order valence-corrected chi connectivity index (χ2v) is 6.23. The standard InChI is InChI=1S/C16H29N5/c1-5-8-13-19-14(17-2)11-15(20-13)18-12-16(21(3)4)9-6-7-10-16/h11H,5-10,12H2,1-4H3,(H2,17,18,19,20). The first kappa shape index (κ1) is 16.0. The van der Waals surface area contributed by atoms with Crippen molar-refractivity contribution in [3.8, 4) is 0 Å². The minimum atomic E-state index is 0.273. The second-order valence-electron chi connectivity index (χ2n) is 6.23. The zero-order valence-corrected chi connectivity index (χ0v) is 13.9. The van der Waals surface area contributed by atoms with Crippen LogP contribution in [-0.2, 0) is 6.42 Å². The molecular weight excluding hydrogens is 262 g/mol. The summed E-state index contributed by atoms with van der Waals surface area (Å²) in [6.45, 7) is 3.10. The molecule has 0 unspecified atom stereocenters. The normalized spacial score (nSPS) is 17.2. The van der Waals surface area contributed by atoms with Crippen molar-refractivity contribution in [1.82, 2.24) is 14.9 Å². The second kappa shape index (κ2) is 7.07. The molecule has 21 heavy (non-hydrogen) atoms. The zero-order valence-electron chi connectivity index (χ0n) is 13.9. The molecule has 0 aromatic carbocycles. The van der Waals surface area contributed by atoms with Crippen molar-refractivity contribution in [3.63, 3.8) is 0 Å². The van der Waals surface area contributed by atoms with E-state index in [4.69, 9.17) is 0 Å². The van der Waals surface area contributed by atoms with Crippen LogP contribution in [0.4, 0.5) is 11.6 Å². The van der Waals surface area contributed by atoms with Crippen molar-refractivity contribution in [1.29, 1.82) is 0 Å². The Bertz CT molecular complexity index is 452. The molecule has 1 aromatic heterocycles. The molecule has 1 saturated carbocycles. The highest BCUT2D eigenvalue weighted by atomic mass is 15.2. The predicted molar refractivity (Wildman–Crippen MR) is 88.9 cm³/mol. The Labute approximate surface area is 128 Å². The van der Waals surface area contributed by atoms with Crippen molar-refractivity contribution >= 4 is 11.6 Å². The van der Waals surface area contributed by atoms with Crippen LogP contribution in [0, 0.1) is 0 Å². The van der Waals surface area contributed by atoms with Gasteiger partial charge in [-0.25, -0.2) is 9.97 Å². The van der Waals surface area contributed by atoms with E-state index in [1.165, 1.54) is 25.7 Å². The van der Waals surface area contributed by atoms with Gasteiger partial charge in [0.1, 0.15) is 17.5 Å². The van der Waals surface area contributed by atoms with Crippen LogP contribution in [0.15, 0.2) is 6.07 Å². The Balaban J connectivity index is 2.09. The summed E-state index contributed by atoms with van der Waals surface area (Å²) in [7, 11) is 6.28. The molecule has 1 fully saturated rings. The minimum absolute atomic E-state index is 0.273. The van der Waals surface area contributed by atoms with Gasteiger partial charge in [0.2, 0.25) is 0 Å². The number of hydrogen-bond acceptors (Lipinski definition) is 5. The maximum atomic E-state index is 4.64. The van der Waals surface area contributed by atoms with Crippen LogP contribution in [0.3, 0.4) is 0 Å². The first-order valence-electron chi connectivity index (χ1n) is 8.06. The Morgan fingerprint density at radius 2 is 1.86 bits per heavy atom. The van der Waals surface area contributed by atoms with E-state index >= 15 is 0 Å². The van der Waals surface area contributed by atoms with Gasteiger partial charge in [-0.3, -0.25) is 0 Å². The molecule has 0 atom stereocenters. The van der Waals surface area contributed by atoms with Gasteiger partial charge in [-0.15, -0.1) is 0 Å². The van der Waals surface area contributed by atoms with Gasteiger partial charge in [-0.2, -0.15) is 0 Å². The van der Waals surface area contributed by atoms with E-state index in [1.54, 1.807) is 0 Å². The first-order valence-corrected chi connectivity index (χ1v) is 8.06. The number of anilines is 2. The fourth-order valence-electron chi connectivity index (χ4n) is 3.12. The van der Waals surface area contributed by atoms with E-state index in [9.17, 15) is 0 Å². The number of nitrogens with zero attached hydrogens (tertiary/aromatic N) is 3. The summed E-state index contributed by atoms with van der Waals surface area (Å²) in [6, 6.07) is 2.00. The van der Waals surface area contributed by atoms with Gasteiger partial charge in [-0.1, -0.05) is 19.8 Å². The summed E-state index contributed by atoms with van der Waals surface area (Å²) in [5.41, 5.74) is 0.273. The third-order valence-corrected chi connectivity index (χ3v) is 4.58. The number of nitrogens with one attached hydrogen (secondary N) is 2. The zero-order chi connectivity index (χ0) is 15.3. The molecule has 2 rings (SSSR count). The van der Waals surface area contributed by atoms with E-state index in [1.807, 2.05) is 13.1 Å². The third kappa shape index (κ3) is 3.84. The molecule has 0 radical (unpaired) electrons. The number of aryl methyl sites for hydroxylation is 1. The summed E-state index contributed by atoms with van der Waals surface area (Å²) >= 11 is 0. The molecule has 0 amide bonds. The predicted octanol–water partition coefficient (Wildman–Crippen LogP) is 2.76. The lowest BCUT2D eigenvalue weighted by Crippen LogP contribution is -2.47. The lowest BCUT2D eigenvalue weighted by Gasteiger charge is -2.36. The van der Waals surface area contributed by atoms with E-state index in [0.29, 0.717) is 0 Å². The Morgan fingerprint density at radius 3 is 2.43 bits per heavy atom. The molecule has 1 aliphatic rings. The highest BCUT2D eigenvalue weighted by Gasteiger charge is 2.35. The highest BCUT2D eigenvalue weighted by Crippen LogP contribution is 2.33. The van der Waals surface area contributed by atoms with Gasteiger partial charge in [0.25, 0.3) is 0 Å². The fraction of sp³-hybridized carbons (Fsp3) is 0.750. The van der Waals surface area contributed by atoms with Crippen molar-refractivity contribution in [2.24, 2.45) is 0 Å². The molecular formula is C16H29N5. The third-order valence-electron chi connectivity index (χ3n) is 4.58. The molecule has 1 aliphatic carbocycles. The van der Waals surface area contributed by atoms with Crippen LogP contribution >= 0.6 is 0 Å². The van der Waals surface area contributed by atoms with E-state index in [-0.39, 0.29) is 5.54 Å². The maximum absolute atomic E-state index is 4.64. The molecule has 5 heteroatoms. The minimum Gasteiger partial charge on any atom is -0.373 e. The lowest BCUT2D eigenvalue weighted by molar-refractivity contribution is 0.172. The molecule has 0 saturated heterocycles. The number of hydrogen-bond donors (Lipinski definition) is 2. The van der Waals surface area contributed by atoms with E-state index in [2.05, 4.69) is 46.5 Å². The van der Waals surface area contributed by atoms with Crippen LogP contribution in [0.1, 0.15) is 44.9 Å². The molecule has 5 nitrogen and oxygen atoms in total. The Hall–Kier alpha value is -1.36. The summed E-state index contributed by atoms with van der Waals surface area (Å²) in [4.78, 5) is 11.5. The average Bonchev–Trinajstić information content (AvgIpc) is 2.95. The van der Waals surface area contributed by atoms with Crippen LogP contribution < -0.4 is 10.6 Å². The molecule has 0 spiro atoms. The smallest absolute Gasteiger partial charge is 0.133 e. The fourth-order valence-corrected chi connectivity index (χ4v) is 3.12. The lowest BCUT2D eigenvalue weighted by atomic mass is 9.96. The monoisotopic (exact) mass is 291 g/mol. The summed E-state index contributed by atoms with van der Waals surface area (Å²) < 4.78 is 0. The molecule has 118 valence electrons. The summed E-state index contributed by atoms with van der Waals surface area (Å²) in [6.07, 6.45) is 7.16. The quantitative estimate of drug-likeness (QED) is 0.809. The van der Waals surface area contributed by atoms with Crippen LogP contribution in [0.2, 0.25) is 0 Å². The van der Waals surface area contributed by atoms with Crippen molar-refractivity contribution in [2.45, 2.75) is 51.0 Å². The van der Waals surface area contributed by atoms with E-state index in [0.717, 1.165) is 36.8 Å². The maximum Gasteiger partial charge on any atom is 0.133 e. The van der Waals surface area contributed by atoms with Gasteiger partial charge >= 0.3 is 0 Å². The average molecular weight is 291 g/mol. The van der Waals surface area contributed by atoms with Gasteiger partial charge in [0, 0.05) is 31.6 Å². The highest BCUT2D eigenvalue weighted by molar-refractivity contribution is 5.47. The molecule has 2 N–H and O–H groups in total. The van der Waals surface area contributed by atoms with Gasteiger partial charge in [0.15, 0.2) is 0 Å². The van der Waals surface area contributed by atoms with Crippen molar-refractivity contribution in [2.75, 3.05) is 38.3 Å². The molecule has 1 aromatic rings. The van der Waals surface area contributed by atoms with E-state index < -0.39 is 0 Å². The van der Waals surface area contributed by atoms with Crippen molar-refractivity contribution < 1.29 is 0 Å². The number of aromatic nitrogens is 2. The van der Waals surface area contributed by atoms with Crippen molar-refractivity contribution in [3.05, 3.63) is 11.9 Å². The SMILES string of the molecule is CCCc1nc(NC)cc(NCC2(N(C)C)CCCC2)n1. The summed E-state index contributed by atoms with van der Waals surface area (Å²) in [5.74, 6) is 2.74.